The number of benzene rings is 1. The largest absolute Gasteiger partial charge is 0.468 e. The maximum absolute atomic E-state index is 14.8. The number of allylic oxidation sites excluding steroid dienone is 2. The molecule has 5 aliphatic rings. The third kappa shape index (κ3) is 5.42. The molecule has 1 aromatic carbocycles. The number of amides is 1. The number of likely N-dealkylation sites (N-methyl/N-ethyl adjacent to an activating group) is 1. The minimum Gasteiger partial charge on any atom is -0.468 e. The van der Waals surface area contributed by atoms with E-state index in [0.717, 1.165) is 50.5 Å². The maximum Gasteiger partial charge on any atom is 0.325 e. The van der Waals surface area contributed by atoms with E-state index in [9.17, 15) is 19.2 Å². The molecule has 0 aromatic heterocycles. The van der Waals surface area contributed by atoms with E-state index < -0.39 is 11.4 Å². The van der Waals surface area contributed by atoms with Crippen molar-refractivity contribution < 1.29 is 28.7 Å². The van der Waals surface area contributed by atoms with E-state index in [1.165, 1.54) is 17.6 Å². The van der Waals surface area contributed by atoms with Gasteiger partial charge in [0.25, 0.3) is 0 Å². The van der Waals surface area contributed by atoms with Crippen LogP contribution in [-0.4, -0.2) is 49.2 Å². The van der Waals surface area contributed by atoms with Crippen LogP contribution >= 0.6 is 0 Å². The third-order valence-electron chi connectivity index (χ3n) is 15.6. The lowest BCUT2D eigenvalue weighted by Crippen LogP contribution is -2.66. The monoisotopic (exact) mass is 673 g/mol. The molecule has 49 heavy (non-hydrogen) atoms. The number of fused-ring (bicyclic) bond motifs is 7. The molecule has 0 heterocycles. The lowest BCUT2D eigenvalue weighted by atomic mass is 9.33. The van der Waals surface area contributed by atoms with Gasteiger partial charge in [-0.3, -0.25) is 19.2 Å². The standard InChI is InChI=1S/C42H59NO6/c1-37(2)28(35(46)43(8)25-33(45)48-9)15-17-40(5)32(37)16-18-42(7)34(40)31(44)23-29-30-24-39(4,20-19-38(30,3)21-22-41(29,42)6)36(47)49-26-27-13-11-10-12-14-27/h10-14,23,28,30,32,34H,15-22,24-26H2,1-9H3/t28-,30+,32+,34?,38-,39+,40+,41-,42-/m1/s1. The summed E-state index contributed by atoms with van der Waals surface area (Å²) in [5.74, 6) is -0.322. The summed E-state index contributed by atoms with van der Waals surface area (Å²) >= 11 is 0. The lowest BCUT2D eigenvalue weighted by Gasteiger charge is -2.70. The van der Waals surface area contributed by atoms with Crippen molar-refractivity contribution in [3.05, 3.63) is 47.5 Å². The summed E-state index contributed by atoms with van der Waals surface area (Å²) in [6.07, 6.45) is 10.0. The van der Waals surface area contributed by atoms with Gasteiger partial charge in [0.15, 0.2) is 5.78 Å². The van der Waals surface area contributed by atoms with Crippen molar-refractivity contribution in [3.8, 4) is 0 Å². The second-order valence-corrected chi connectivity index (χ2v) is 18.5. The minimum atomic E-state index is -0.599. The number of carbonyl (C=O) groups is 4. The number of hydrogen-bond acceptors (Lipinski definition) is 6. The normalized spacial score (nSPS) is 40.8. The van der Waals surface area contributed by atoms with Gasteiger partial charge in [-0.05, 0) is 115 Å². The fourth-order valence-electron chi connectivity index (χ4n) is 12.3. The first-order valence-electron chi connectivity index (χ1n) is 18.7. The van der Waals surface area contributed by atoms with Crippen molar-refractivity contribution >= 4 is 23.6 Å². The van der Waals surface area contributed by atoms with Crippen molar-refractivity contribution in [3.63, 3.8) is 0 Å². The van der Waals surface area contributed by atoms with Gasteiger partial charge in [0.1, 0.15) is 13.2 Å². The molecule has 0 radical (unpaired) electrons. The number of esters is 2. The van der Waals surface area contributed by atoms with Crippen molar-refractivity contribution in [2.24, 2.45) is 56.2 Å². The van der Waals surface area contributed by atoms with Crippen LogP contribution in [0.2, 0.25) is 0 Å². The first-order chi connectivity index (χ1) is 22.9. The summed E-state index contributed by atoms with van der Waals surface area (Å²) in [6.45, 7) is 16.3. The van der Waals surface area contributed by atoms with E-state index in [-0.39, 0.29) is 81.6 Å². The van der Waals surface area contributed by atoms with Gasteiger partial charge < -0.3 is 14.4 Å². The van der Waals surface area contributed by atoms with Crippen LogP contribution in [0.25, 0.3) is 0 Å². The van der Waals surface area contributed by atoms with Crippen LogP contribution in [0.15, 0.2) is 42.0 Å². The highest BCUT2D eigenvalue weighted by atomic mass is 16.5. The predicted molar refractivity (Wildman–Crippen MR) is 189 cm³/mol. The third-order valence-corrected chi connectivity index (χ3v) is 15.6. The summed E-state index contributed by atoms with van der Waals surface area (Å²) in [7, 11) is 3.03. The molecule has 6 rings (SSSR count). The van der Waals surface area contributed by atoms with Crippen LogP contribution in [0.5, 0.6) is 0 Å². The average molecular weight is 674 g/mol. The average Bonchev–Trinajstić information content (AvgIpc) is 3.05. The van der Waals surface area contributed by atoms with Crippen molar-refractivity contribution in [2.45, 2.75) is 113 Å². The van der Waals surface area contributed by atoms with E-state index in [1.807, 2.05) is 30.3 Å². The van der Waals surface area contributed by atoms with Gasteiger partial charge in [0, 0.05) is 18.9 Å². The predicted octanol–water partition coefficient (Wildman–Crippen LogP) is 7.96. The Bertz CT molecular complexity index is 1550. The molecule has 9 atom stereocenters. The topological polar surface area (TPSA) is 90.0 Å². The fourth-order valence-corrected chi connectivity index (χ4v) is 12.3. The number of rotatable bonds is 6. The zero-order valence-corrected chi connectivity index (χ0v) is 31.4. The second-order valence-electron chi connectivity index (χ2n) is 18.5. The Kier molecular flexibility index (Phi) is 8.84. The molecule has 0 spiro atoms. The van der Waals surface area contributed by atoms with Crippen molar-refractivity contribution in [2.75, 3.05) is 20.7 Å². The summed E-state index contributed by atoms with van der Waals surface area (Å²) in [4.78, 5) is 55.9. The molecule has 1 unspecified atom stereocenters. The molecular formula is C42H59NO6. The Morgan fingerprint density at radius 1 is 0.878 bits per heavy atom. The van der Waals surface area contributed by atoms with Gasteiger partial charge in [-0.1, -0.05) is 77.4 Å². The molecule has 0 aliphatic heterocycles. The van der Waals surface area contributed by atoms with E-state index >= 15 is 0 Å². The van der Waals surface area contributed by atoms with Gasteiger partial charge in [0.05, 0.1) is 12.5 Å². The van der Waals surface area contributed by atoms with Gasteiger partial charge >= 0.3 is 11.9 Å². The van der Waals surface area contributed by atoms with Crippen LogP contribution in [0, 0.1) is 56.2 Å². The van der Waals surface area contributed by atoms with E-state index in [4.69, 9.17) is 9.47 Å². The highest BCUT2D eigenvalue weighted by Crippen LogP contribution is 2.75. The molecular weight excluding hydrogens is 614 g/mol. The summed E-state index contributed by atoms with van der Waals surface area (Å²) in [5.41, 5.74) is 0.746. The van der Waals surface area contributed by atoms with Gasteiger partial charge in [-0.2, -0.15) is 0 Å². The molecule has 4 saturated carbocycles. The molecule has 5 aliphatic carbocycles. The molecule has 4 fully saturated rings. The Morgan fingerprint density at radius 2 is 1.55 bits per heavy atom. The quantitative estimate of drug-likeness (QED) is 0.285. The van der Waals surface area contributed by atoms with E-state index in [1.54, 1.807) is 7.05 Å². The van der Waals surface area contributed by atoms with Crippen LogP contribution in [0.1, 0.15) is 112 Å². The van der Waals surface area contributed by atoms with E-state index in [0.29, 0.717) is 12.8 Å². The zero-order chi connectivity index (χ0) is 35.8. The summed E-state index contributed by atoms with van der Waals surface area (Å²) in [6, 6.07) is 9.87. The number of carbonyl (C=O) groups excluding carboxylic acids is 4. The first-order valence-corrected chi connectivity index (χ1v) is 18.7. The number of hydrogen-bond donors (Lipinski definition) is 0. The maximum atomic E-state index is 14.8. The fraction of sp³-hybridized carbons (Fsp3) is 0.714. The Morgan fingerprint density at radius 3 is 2.22 bits per heavy atom. The molecule has 0 bridgehead atoms. The van der Waals surface area contributed by atoms with Crippen molar-refractivity contribution in [1.82, 2.24) is 4.90 Å². The number of nitrogens with zero attached hydrogens (tertiary/aromatic N) is 1. The number of methoxy groups -OCH3 is 1. The lowest BCUT2D eigenvalue weighted by molar-refractivity contribution is -0.196. The van der Waals surface area contributed by atoms with Crippen molar-refractivity contribution in [1.29, 1.82) is 0 Å². The second kappa shape index (κ2) is 12.1. The Hall–Kier alpha value is -2.96. The van der Waals surface area contributed by atoms with E-state index in [2.05, 4.69) is 54.5 Å². The molecule has 268 valence electrons. The van der Waals surface area contributed by atoms with Gasteiger partial charge in [-0.25, -0.2) is 0 Å². The smallest absolute Gasteiger partial charge is 0.325 e. The zero-order valence-electron chi connectivity index (χ0n) is 31.4. The van der Waals surface area contributed by atoms with Gasteiger partial charge in [-0.15, -0.1) is 0 Å². The Balaban J connectivity index is 1.29. The molecule has 1 amide bonds. The SMILES string of the molecule is COC(=O)CN(C)C(=O)[C@H]1CC[C@]2(C)C3C(=O)C=C4[C@@H]5C[C@@](C)(C(=O)OCc6ccccc6)CC[C@]5(C)CC[C@@]4(C)[C@]3(C)CC[C@H]2C1(C)C. The highest BCUT2D eigenvalue weighted by molar-refractivity contribution is 5.96. The molecule has 0 N–H and O–H groups in total. The highest BCUT2D eigenvalue weighted by Gasteiger charge is 2.70. The van der Waals surface area contributed by atoms with Crippen LogP contribution in [0.3, 0.4) is 0 Å². The van der Waals surface area contributed by atoms with Crippen LogP contribution < -0.4 is 0 Å². The molecule has 7 nitrogen and oxygen atoms in total. The Labute approximate surface area is 293 Å². The van der Waals surface area contributed by atoms with Crippen LogP contribution in [0.4, 0.5) is 0 Å². The molecule has 7 heteroatoms. The van der Waals surface area contributed by atoms with Gasteiger partial charge in [0.2, 0.25) is 5.91 Å². The van der Waals surface area contributed by atoms with Crippen LogP contribution in [-0.2, 0) is 35.3 Å². The minimum absolute atomic E-state index is 0.0101. The summed E-state index contributed by atoms with van der Waals surface area (Å²) in [5, 5.41) is 0. The summed E-state index contributed by atoms with van der Waals surface area (Å²) < 4.78 is 10.8. The number of ketones is 1. The number of ether oxygens (including phenoxy) is 2. The molecule has 0 saturated heterocycles. The molecule has 1 aromatic rings. The first kappa shape index (κ1) is 35.9.